The van der Waals surface area contributed by atoms with Gasteiger partial charge in [-0.05, 0) is 42.0 Å². The number of morpholine rings is 1. The van der Waals surface area contributed by atoms with E-state index in [2.05, 4.69) is 32.8 Å². The standard InChI is InChI=1S/C22H24ClN5O2/c23-19-3-7-21(8-4-19)28-16-18(15-26-28)14-25-22(29)24-13-17-1-5-20(6-2-17)27-9-11-30-12-10-27/h1-8,15-16H,9-14H2,(H2,24,25,29). The molecule has 0 atom stereocenters. The highest BCUT2D eigenvalue weighted by Gasteiger charge is 2.11. The summed E-state index contributed by atoms with van der Waals surface area (Å²) in [5, 5.41) is 10.8. The number of halogens is 1. The Hall–Kier alpha value is -3.03. The Bertz CT molecular complexity index is 966. The van der Waals surface area contributed by atoms with E-state index < -0.39 is 0 Å². The van der Waals surface area contributed by atoms with Crippen LogP contribution in [0.2, 0.25) is 5.02 Å². The van der Waals surface area contributed by atoms with Gasteiger partial charge in [-0.15, -0.1) is 0 Å². The zero-order chi connectivity index (χ0) is 20.8. The van der Waals surface area contributed by atoms with Crippen molar-refractivity contribution < 1.29 is 9.53 Å². The van der Waals surface area contributed by atoms with Crippen LogP contribution in [-0.4, -0.2) is 42.1 Å². The Kier molecular flexibility index (Phi) is 6.51. The summed E-state index contributed by atoms with van der Waals surface area (Å²) in [6.07, 6.45) is 3.62. The van der Waals surface area contributed by atoms with E-state index in [0.717, 1.165) is 43.1 Å². The molecule has 0 unspecified atom stereocenters. The van der Waals surface area contributed by atoms with Gasteiger partial charge < -0.3 is 20.3 Å². The van der Waals surface area contributed by atoms with Gasteiger partial charge in [0.15, 0.2) is 0 Å². The molecule has 156 valence electrons. The van der Waals surface area contributed by atoms with E-state index in [1.165, 1.54) is 5.69 Å². The van der Waals surface area contributed by atoms with Crippen molar-refractivity contribution in [3.8, 4) is 5.69 Å². The van der Waals surface area contributed by atoms with Gasteiger partial charge >= 0.3 is 6.03 Å². The van der Waals surface area contributed by atoms with Crippen molar-refractivity contribution in [1.29, 1.82) is 0 Å². The average Bonchev–Trinajstić information content (AvgIpc) is 3.27. The maximum absolute atomic E-state index is 12.1. The smallest absolute Gasteiger partial charge is 0.315 e. The van der Waals surface area contributed by atoms with Gasteiger partial charge in [0.1, 0.15) is 0 Å². The monoisotopic (exact) mass is 425 g/mol. The molecule has 7 nitrogen and oxygen atoms in total. The highest BCUT2D eigenvalue weighted by Crippen LogP contribution is 2.17. The Morgan fingerprint density at radius 1 is 0.933 bits per heavy atom. The number of nitrogens with one attached hydrogen (secondary N) is 2. The van der Waals surface area contributed by atoms with E-state index in [4.69, 9.17) is 16.3 Å². The molecule has 1 aliphatic heterocycles. The molecule has 1 saturated heterocycles. The normalized spacial score (nSPS) is 13.8. The van der Waals surface area contributed by atoms with E-state index in [1.54, 1.807) is 10.9 Å². The first-order chi connectivity index (χ1) is 14.7. The molecule has 1 aromatic heterocycles. The molecule has 0 aliphatic carbocycles. The molecule has 0 spiro atoms. The number of nitrogens with zero attached hydrogens (tertiary/aromatic N) is 3. The van der Waals surface area contributed by atoms with Gasteiger partial charge in [-0.2, -0.15) is 5.10 Å². The van der Waals surface area contributed by atoms with Crippen molar-refractivity contribution in [2.45, 2.75) is 13.1 Å². The summed E-state index contributed by atoms with van der Waals surface area (Å²) < 4.78 is 7.14. The van der Waals surface area contributed by atoms with Crippen LogP contribution < -0.4 is 15.5 Å². The molecule has 0 bridgehead atoms. The van der Waals surface area contributed by atoms with E-state index >= 15 is 0 Å². The molecule has 4 rings (SSSR count). The van der Waals surface area contributed by atoms with Crippen molar-refractivity contribution >= 4 is 23.3 Å². The SMILES string of the molecule is O=C(NCc1ccc(N2CCOCC2)cc1)NCc1cnn(-c2ccc(Cl)cc2)c1. The second-order valence-corrected chi connectivity index (χ2v) is 7.51. The third kappa shape index (κ3) is 5.31. The molecule has 0 radical (unpaired) electrons. The number of urea groups is 1. The van der Waals surface area contributed by atoms with Crippen LogP contribution in [0.4, 0.5) is 10.5 Å². The first-order valence-electron chi connectivity index (χ1n) is 9.90. The second kappa shape index (κ2) is 9.65. The summed E-state index contributed by atoms with van der Waals surface area (Å²) in [6.45, 7) is 4.22. The summed E-state index contributed by atoms with van der Waals surface area (Å²) in [5.41, 5.74) is 4.06. The summed E-state index contributed by atoms with van der Waals surface area (Å²) in [7, 11) is 0. The molecule has 0 saturated carbocycles. The Balaban J connectivity index is 1.23. The average molecular weight is 426 g/mol. The van der Waals surface area contributed by atoms with Gasteiger partial charge in [-0.25, -0.2) is 9.48 Å². The van der Waals surface area contributed by atoms with Crippen LogP contribution in [-0.2, 0) is 17.8 Å². The molecule has 2 N–H and O–H groups in total. The molecule has 2 amide bonds. The third-order valence-corrected chi connectivity index (χ3v) is 5.20. The molecule has 8 heteroatoms. The molecule has 1 fully saturated rings. The number of hydrogen-bond donors (Lipinski definition) is 2. The van der Waals surface area contributed by atoms with Crippen molar-refractivity contribution in [3.05, 3.63) is 77.1 Å². The van der Waals surface area contributed by atoms with Gasteiger partial charge in [-0.3, -0.25) is 0 Å². The van der Waals surface area contributed by atoms with Gasteiger partial charge in [0.25, 0.3) is 0 Å². The van der Waals surface area contributed by atoms with Gasteiger partial charge in [0.05, 0.1) is 25.1 Å². The van der Waals surface area contributed by atoms with E-state index in [0.29, 0.717) is 18.1 Å². The van der Waals surface area contributed by atoms with Crippen molar-refractivity contribution in [2.24, 2.45) is 0 Å². The van der Waals surface area contributed by atoms with Crippen LogP contribution in [0, 0.1) is 0 Å². The highest BCUT2D eigenvalue weighted by molar-refractivity contribution is 6.30. The minimum atomic E-state index is -0.216. The zero-order valence-electron chi connectivity index (χ0n) is 16.6. The molecular formula is C22H24ClN5O2. The van der Waals surface area contributed by atoms with Crippen LogP contribution in [0.1, 0.15) is 11.1 Å². The Morgan fingerprint density at radius 3 is 2.27 bits per heavy atom. The fourth-order valence-corrected chi connectivity index (χ4v) is 3.39. The quantitative estimate of drug-likeness (QED) is 0.635. The van der Waals surface area contributed by atoms with Crippen LogP contribution in [0.25, 0.3) is 5.69 Å². The lowest BCUT2D eigenvalue weighted by Crippen LogP contribution is -2.36. The Labute approximate surface area is 180 Å². The number of ether oxygens (including phenoxy) is 1. The van der Waals surface area contributed by atoms with Crippen LogP contribution in [0.3, 0.4) is 0 Å². The van der Waals surface area contributed by atoms with Crippen LogP contribution in [0.15, 0.2) is 60.9 Å². The lowest BCUT2D eigenvalue weighted by Gasteiger charge is -2.28. The number of amides is 2. The van der Waals surface area contributed by atoms with E-state index in [1.807, 2.05) is 42.6 Å². The number of carbonyl (C=O) groups excluding carboxylic acids is 1. The predicted molar refractivity (Wildman–Crippen MR) is 117 cm³/mol. The predicted octanol–water partition coefficient (Wildman–Crippen LogP) is 3.36. The summed E-state index contributed by atoms with van der Waals surface area (Å²) in [5.74, 6) is 0. The fourth-order valence-electron chi connectivity index (χ4n) is 3.26. The Morgan fingerprint density at radius 2 is 1.57 bits per heavy atom. The number of rotatable bonds is 6. The zero-order valence-corrected chi connectivity index (χ0v) is 17.3. The maximum atomic E-state index is 12.1. The van der Waals surface area contributed by atoms with Crippen LogP contribution >= 0.6 is 11.6 Å². The largest absolute Gasteiger partial charge is 0.378 e. The molecule has 3 aromatic rings. The highest BCUT2D eigenvalue weighted by atomic mass is 35.5. The van der Waals surface area contributed by atoms with Crippen molar-refractivity contribution in [2.75, 3.05) is 31.2 Å². The van der Waals surface area contributed by atoms with Crippen molar-refractivity contribution in [3.63, 3.8) is 0 Å². The van der Waals surface area contributed by atoms with Gasteiger partial charge in [0.2, 0.25) is 0 Å². The fraction of sp³-hybridized carbons (Fsp3) is 0.273. The van der Waals surface area contributed by atoms with Crippen LogP contribution in [0.5, 0.6) is 0 Å². The molecule has 2 aromatic carbocycles. The summed E-state index contributed by atoms with van der Waals surface area (Å²) >= 11 is 5.92. The number of anilines is 1. The maximum Gasteiger partial charge on any atom is 0.315 e. The first-order valence-corrected chi connectivity index (χ1v) is 10.3. The minimum Gasteiger partial charge on any atom is -0.378 e. The number of hydrogen-bond acceptors (Lipinski definition) is 4. The van der Waals surface area contributed by atoms with E-state index in [-0.39, 0.29) is 6.03 Å². The molecule has 1 aliphatic rings. The first kappa shape index (κ1) is 20.3. The lowest BCUT2D eigenvalue weighted by atomic mass is 10.2. The topological polar surface area (TPSA) is 71.4 Å². The molecular weight excluding hydrogens is 402 g/mol. The lowest BCUT2D eigenvalue weighted by molar-refractivity contribution is 0.122. The molecule has 2 heterocycles. The van der Waals surface area contributed by atoms with Crippen molar-refractivity contribution in [1.82, 2.24) is 20.4 Å². The second-order valence-electron chi connectivity index (χ2n) is 7.07. The van der Waals surface area contributed by atoms with Gasteiger partial charge in [0, 0.05) is 48.6 Å². The number of benzene rings is 2. The van der Waals surface area contributed by atoms with Gasteiger partial charge in [-0.1, -0.05) is 23.7 Å². The summed E-state index contributed by atoms with van der Waals surface area (Å²) in [4.78, 5) is 14.4. The molecule has 30 heavy (non-hydrogen) atoms. The third-order valence-electron chi connectivity index (χ3n) is 4.95. The summed E-state index contributed by atoms with van der Waals surface area (Å²) in [6, 6.07) is 15.5. The van der Waals surface area contributed by atoms with E-state index in [9.17, 15) is 4.79 Å². The number of aromatic nitrogens is 2. The number of carbonyl (C=O) groups is 1. The minimum absolute atomic E-state index is 0.216.